The van der Waals surface area contributed by atoms with Crippen molar-refractivity contribution in [3.8, 4) is 5.69 Å². The van der Waals surface area contributed by atoms with Crippen LogP contribution in [0.3, 0.4) is 0 Å². The Balaban J connectivity index is 1.58. The van der Waals surface area contributed by atoms with Crippen molar-refractivity contribution in [1.29, 1.82) is 0 Å². The molecule has 4 heterocycles. The Bertz CT molecular complexity index is 715. The van der Waals surface area contributed by atoms with Gasteiger partial charge in [0.2, 0.25) is 5.95 Å². The van der Waals surface area contributed by atoms with Crippen LogP contribution in [0.4, 0.5) is 5.95 Å². The Hall–Kier alpha value is -2.41. The fraction of sp³-hybridized carbons (Fsp3) is 0.438. The molecule has 0 saturated carbocycles. The first-order valence-corrected chi connectivity index (χ1v) is 7.97. The smallest absolute Gasteiger partial charge is 0.253 e. The average molecular weight is 312 g/mol. The predicted octanol–water partition coefficient (Wildman–Crippen LogP) is 0.305. The number of fused-ring (bicyclic) bond motifs is 1. The van der Waals surface area contributed by atoms with Crippen LogP contribution in [-0.4, -0.2) is 65.1 Å². The van der Waals surface area contributed by atoms with Gasteiger partial charge in [-0.3, -0.25) is 4.79 Å². The van der Waals surface area contributed by atoms with Crippen molar-refractivity contribution in [2.45, 2.75) is 6.42 Å². The van der Waals surface area contributed by atoms with Gasteiger partial charge >= 0.3 is 0 Å². The first-order chi connectivity index (χ1) is 11.2. The Morgan fingerprint density at radius 1 is 1.13 bits per heavy atom. The molecule has 0 bridgehead atoms. The summed E-state index contributed by atoms with van der Waals surface area (Å²) in [5.41, 5.74) is 2.68. The van der Waals surface area contributed by atoms with E-state index in [1.165, 1.54) is 0 Å². The number of likely N-dealkylation sites (N-methyl/N-ethyl adjacent to an activating group) is 1. The molecule has 7 nitrogen and oxygen atoms in total. The molecule has 7 heteroatoms. The van der Waals surface area contributed by atoms with Gasteiger partial charge in [-0.15, -0.1) is 0 Å². The zero-order valence-corrected chi connectivity index (χ0v) is 13.2. The standard InChI is InChI=1S/C16H20N6O/c1-20-6-8-21(9-7-20)16-18-10-12(11-19-16)22-5-3-13-14(22)2-4-17-15(13)23/h3,5,10-11H,2,4,6-9H2,1H3,(H,17,23). The second-order valence-electron chi connectivity index (χ2n) is 6.08. The summed E-state index contributed by atoms with van der Waals surface area (Å²) in [4.78, 5) is 25.4. The Morgan fingerprint density at radius 2 is 1.87 bits per heavy atom. The molecule has 4 rings (SSSR count). The summed E-state index contributed by atoms with van der Waals surface area (Å²) in [7, 11) is 2.13. The molecule has 0 aromatic carbocycles. The molecular weight excluding hydrogens is 292 g/mol. The van der Waals surface area contributed by atoms with Crippen LogP contribution in [-0.2, 0) is 6.42 Å². The van der Waals surface area contributed by atoms with Crippen molar-refractivity contribution in [3.63, 3.8) is 0 Å². The van der Waals surface area contributed by atoms with Crippen LogP contribution in [0.25, 0.3) is 5.69 Å². The summed E-state index contributed by atoms with van der Waals surface area (Å²) < 4.78 is 2.02. The first-order valence-electron chi connectivity index (χ1n) is 7.97. The summed E-state index contributed by atoms with van der Waals surface area (Å²) in [6, 6.07) is 1.86. The normalized spacial score (nSPS) is 18.7. The lowest BCUT2D eigenvalue weighted by Gasteiger charge is -2.32. The number of amides is 1. The van der Waals surface area contributed by atoms with E-state index in [4.69, 9.17) is 0 Å². The molecule has 1 amide bonds. The Labute approximate surface area is 134 Å². The highest BCUT2D eigenvalue weighted by molar-refractivity contribution is 5.96. The van der Waals surface area contributed by atoms with Gasteiger partial charge in [-0.2, -0.15) is 0 Å². The van der Waals surface area contributed by atoms with Gasteiger partial charge in [0, 0.05) is 51.0 Å². The average Bonchev–Trinajstić information content (AvgIpc) is 3.01. The zero-order valence-electron chi connectivity index (χ0n) is 13.2. The van der Waals surface area contributed by atoms with Gasteiger partial charge in [0.1, 0.15) is 0 Å². The molecule has 0 aliphatic carbocycles. The van der Waals surface area contributed by atoms with Gasteiger partial charge in [0.25, 0.3) is 5.91 Å². The molecule has 1 fully saturated rings. The lowest BCUT2D eigenvalue weighted by molar-refractivity contribution is 0.0945. The van der Waals surface area contributed by atoms with Crippen LogP contribution in [0.2, 0.25) is 0 Å². The van der Waals surface area contributed by atoms with Gasteiger partial charge in [0.15, 0.2) is 0 Å². The van der Waals surface area contributed by atoms with Gasteiger partial charge in [-0.25, -0.2) is 9.97 Å². The van der Waals surface area contributed by atoms with Crippen LogP contribution >= 0.6 is 0 Å². The van der Waals surface area contributed by atoms with Crippen LogP contribution in [0.5, 0.6) is 0 Å². The molecule has 0 atom stereocenters. The highest BCUT2D eigenvalue weighted by Gasteiger charge is 2.21. The molecule has 1 saturated heterocycles. The summed E-state index contributed by atoms with van der Waals surface area (Å²) in [6.07, 6.45) is 6.43. The van der Waals surface area contributed by atoms with E-state index in [1.807, 2.05) is 29.2 Å². The van der Waals surface area contributed by atoms with Crippen molar-refractivity contribution in [2.24, 2.45) is 0 Å². The van der Waals surface area contributed by atoms with E-state index in [9.17, 15) is 4.79 Å². The van der Waals surface area contributed by atoms with Crippen LogP contribution in [0, 0.1) is 0 Å². The topological polar surface area (TPSA) is 66.3 Å². The number of nitrogens with zero attached hydrogens (tertiary/aromatic N) is 5. The maximum Gasteiger partial charge on any atom is 0.253 e. The molecular formula is C16H20N6O. The number of aromatic nitrogens is 3. The molecule has 2 aliphatic heterocycles. The maximum absolute atomic E-state index is 11.9. The molecule has 0 radical (unpaired) electrons. The van der Waals surface area contributed by atoms with Gasteiger partial charge in [-0.1, -0.05) is 0 Å². The number of nitrogens with one attached hydrogen (secondary N) is 1. The summed E-state index contributed by atoms with van der Waals surface area (Å²) >= 11 is 0. The molecule has 23 heavy (non-hydrogen) atoms. The zero-order chi connectivity index (χ0) is 15.8. The third kappa shape index (κ3) is 2.57. The number of anilines is 1. The van der Waals surface area contributed by atoms with E-state index in [0.29, 0.717) is 6.54 Å². The highest BCUT2D eigenvalue weighted by atomic mass is 16.1. The minimum atomic E-state index is -0.0000231. The first kappa shape index (κ1) is 14.2. The third-order valence-corrected chi connectivity index (χ3v) is 4.57. The predicted molar refractivity (Wildman–Crippen MR) is 87.1 cm³/mol. The molecule has 1 N–H and O–H groups in total. The maximum atomic E-state index is 11.9. The van der Waals surface area contributed by atoms with Crippen LogP contribution in [0.15, 0.2) is 24.7 Å². The molecule has 2 aromatic heterocycles. The lowest BCUT2D eigenvalue weighted by Crippen LogP contribution is -2.45. The third-order valence-electron chi connectivity index (χ3n) is 4.57. The number of carbonyl (C=O) groups excluding carboxylic acids is 1. The van der Waals surface area contributed by atoms with E-state index in [-0.39, 0.29) is 5.91 Å². The van der Waals surface area contributed by atoms with Gasteiger partial charge in [0.05, 0.1) is 23.6 Å². The molecule has 120 valence electrons. The Morgan fingerprint density at radius 3 is 2.61 bits per heavy atom. The van der Waals surface area contributed by atoms with Crippen molar-refractivity contribution < 1.29 is 4.79 Å². The van der Waals surface area contributed by atoms with E-state index < -0.39 is 0 Å². The Kier molecular flexibility index (Phi) is 3.49. The molecule has 2 aliphatic rings. The fourth-order valence-electron chi connectivity index (χ4n) is 3.17. The number of rotatable bonds is 2. The van der Waals surface area contributed by atoms with Crippen molar-refractivity contribution in [3.05, 3.63) is 35.9 Å². The quantitative estimate of drug-likeness (QED) is 0.864. The van der Waals surface area contributed by atoms with Gasteiger partial charge in [-0.05, 0) is 13.1 Å². The number of hydrogen-bond donors (Lipinski definition) is 1. The van der Waals surface area contributed by atoms with E-state index in [2.05, 4.69) is 32.1 Å². The number of piperazine rings is 1. The second-order valence-corrected chi connectivity index (χ2v) is 6.08. The molecule has 0 spiro atoms. The number of hydrogen-bond acceptors (Lipinski definition) is 5. The van der Waals surface area contributed by atoms with Crippen LogP contribution < -0.4 is 10.2 Å². The van der Waals surface area contributed by atoms with E-state index >= 15 is 0 Å². The van der Waals surface area contributed by atoms with Crippen molar-refractivity contribution in [1.82, 2.24) is 24.8 Å². The summed E-state index contributed by atoms with van der Waals surface area (Å²) in [6.45, 7) is 4.65. The fourth-order valence-corrected chi connectivity index (χ4v) is 3.17. The number of carbonyl (C=O) groups is 1. The SMILES string of the molecule is CN1CCN(c2ncc(-n3ccc4c3CCNC4=O)cn2)CC1. The van der Waals surface area contributed by atoms with E-state index in [1.54, 1.807) is 0 Å². The van der Waals surface area contributed by atoms with E-state index in [0.717, 1.165) is 55.5 Å². The second kappa shape index (κ2) is 5.66. The lowest BCUT2D eigenvalue weighted by atomic mass is 10.1. The highest BCUT2D eigenvalue weighted by Crippen LogP contribution is 2.20. The molecule has 0 unspecified atom stereocenters. The summed E-state index contributed by atoms with van der Waals surface area (Å²) in [5.74, 6) is 0.778. The molecule has 2 aromatic rings. The van der Waals surface area contributed by atoms with Crippen molar-refractivity contribution >= 4 is 11.9 Å². The largest absolute Gasteiger partial charge is 0.352 e. The summed E-state index contributed by atoms with van der Waals surface area (Å²) in [5, 5.41) is 2.86. The monoisotopic (exact) mass is 312 g/mol. The minimum absolute atomic E-state index is 0.0000231. The minimum Gasteiger partial charge on any atom is -0.352 e. The van der Waals surface area contributed by atoms with Crippen LogP contribution in [0.1, 0.15) is 16.1 Å². The van der Waals surface area contributed by atoms with Crippen molar-refractivity contribution in [2.75, 3.05) is 44.7 Å². The van der Waals surface area contributed by atoms with Gasteiger partial charge < -0.3 is 19.7 Å².